The molecule has 0 fully saturated rings. The van der Waals surface area contributed by atoms with Crippen molar-refractivity contribution in [2.24, 2.45) is 0 Å². The fourth-order valence-corrected chi connectivity index (χ4v) is 1.65. The van der Waals surface area contributed by atoms with E-state index in [0.29, 0.717) is 35.8 Å². The highest BCUT2D eigenvalue weighted by atomic mass is 35.5. The van der Waals surface area contributed by atoms with E-state index < -0.39 is 0 Å². The number of hydrogen-bond donors (Lipinski definition) is 0. The average Bonchev–Trinajstić information content (AvgIpc) is 2.82. The van der Waals surface area contributed by atoms with Crippen molar-refractivity contribution in [1.82, 2.24) is 9.78 Å². The molecule has 0 amide bonds. The summed E-state index contributed by atoms with van der Waals surface area (Å²) in [5.74, 6) is 0.500. The Balaban J connectivity index is 1.99. The lowest BCUT2D eigenvalue weighted by Gasteiger charge is -2.09. The molecule has 2 aromatic rings. The van der Waals surface area contributed by atoms with Crippen molar-refractivity contribution in [2.75, 3.05) is 6.61 Å². The average molecular weight is 251 g/mol. The molecule has 4 nitrogen and oxygen atoms in total. The van der Waals surface area contributed by atoms with Crippen molar-refractivity contribution in [1.29, 1.82) is 0 Å². The van der Waals surface area contributed by atoms with Gasteiger partial charge in [-0.1, -0.05) is 17.7 Å². The van der Waals surface area contributed by atoms with Crippen LogP contribution in [0.5, 0.6) is 5.75 Å². The minimum atomic E-state index is 0.384. The molecule has 0 atom stereocenters. The highest BCUT2D eigenvalue weighted by Crippen LogP contribution is 2.24. The molecule has 0 N–H and O–H groups in total. The van der Waals surface area contributed by atoms with Crippen LogP contribution in [0.25, 0.3) is 0 Å². The summed E-state index contributed by atoms with van der Waals surface area (Å²) in [7, 11) is 0. The Bertz CT molecular complexity index is 497. The highest BCUT2D eigenvalue weighted by Gasteiger charge is 2.06. The predicted molar refractivity (Wildman–Crippen MR) is 64.6 cm³/mol. The molecule has 0 aliphatic heterocycles. The van der Waals surface area contributed by atoms with Crippen LogP contribution in [0, 0.1) is 0 Å². The van der Waals surface area contributed by atoms with Crippen molar-refractivity contribution < 1.29 is 9.53 Å². The van der Waals surface area contributed by atoms with Gasteiger partial charge in [0.25, 0.3) is 0 Å². The largest absolute Gasteiger partial charge is 0.491 e. The van der Waals surface area contributed by atoms with Crippen molar-refractivity contribution in [3.63, 3.8) is 0 Å². The summed E-state index contributed by atoms with van der Waals surface area (Å²) in [6, 6.07) is 6.97. The number of hydrogen-bond acceptors (Lipinski definition) is 3. The third-order valence-corrected chi connectivity index (χ3v) is 2.60. The van der Waals surface area contributed by atoms with E-state index in [1.54, 1.807) is 29.1 Å². The van der Waals surface area contributed by atoms with Crippen LogP contribution in [0.15, 0.2) is 36.7 Å². The molecule has 0 bridgehead atoms. The molecule has 0 aliphatic carbocycles. The van der Waals surface area contributed by atoms with Gasteiger partial charge < -0.3 is 4.74 Å². The normalized spacial score (nSPS) is 10.2. The van der Waals surface area contributed by atoms with E-state index >= 15 is 0 Å². The predicted octanol–water partition coefficient (Wildman–Crippen LogP) is 2.43. The van der Waals surface area contributed by atoms with Gasteiger partial charge in [-0.05, 0) is 18.2 Å². The van der Waals surface area contributed by atoms with Gasteiger partial charge in [-0.3, -0.25) is 9.48 Å². The molecule has 0 spiro atoms. The first kappa shape index (κ1) is 11.7. The van der Waals surface area contributed by atoms with E-state index in [2.05, 4.69) is 5.10 Å². The summed E-state index contributed by atoms with van der Waals surface area (Å²) in [6.45, 7) is 1.06. The molecule has 1 aromatic carbocycles. The summed E-state index contributed by atoms with van der Waals surface area (Å²) in [5, 5.41) is 4.45. The molecule has 17 heavy (non-hydrogen) atoms. The monoisotopic (exact) mass is 250 g/mol. The maximum atomic E-state index is 10.9. The van der Waals surface area contributed by atoms with Gasteiger partial charge in [-0.15, -0.1) is 0 Å². The van der Waals surface area contributed by atoms with Crippen molar-refractivity contribution in [3.05, 3.63) is 47.2 Å². The zero-order chi connectivity index (χ0) is 12.1. The smallest absolute Gasteiger partial charge is 0.155 e. The molecule has 1 heterocycles. The lowest BCUT2D eigenvalue weighted by atomic mass is 10.2. The quantitative estimate of drug-likeness (QED) is 0.766. The van der Waals surface area contributed by atoms with Gasteiger partial charge in [-0.25, -0.2) is 0 Å². The fraction of sp³-hybridized carbons (Fsp3) is 0.167. The summed E-state index contributed by atoms with van der Waals surface area (Å²) in [5.41, 5.74) is 0.384. The third-order valence-electron chi connectivity index (χ3n) is 2.27. The SMILES string of the molecule is O=Cc1c(Cl)cccc1OCCn1cccn1. The number of carbonyl (C=O) groups excluding carboxylic acids is 1. The second kappa shape index (κ2) is 5.50. The van der Waals surface area contributed by atoms with E-state index in [4.69, 9.17) is 16.3 Å². The van der Waals surface area contributed by atoms with Crippen LogP contribution < -0.4 is 4.74 Å². The Morgan fingerprint density at radius 2 is 2.29 bits per heavy atom. The first-order valence-electron chi connectivity index (χ1n) is 5.15. The lowest BCUT2D eigenvalue weighted by Crippen LogP contribution is -2.09. The molecule has 5 heteroatoms. The standard InChI is InChI=1S/C12H11ClN2O2/c13-11-3-1-4-12(10(11)9-16)17-8-7-15-6-2-5-14-15/h1-6,9H,7-8H2. The van der Waals surface area contributed by atoms with Crippen LogP contribution in [0.1, 0.15) is 10.4 Å². The van der Waals surface area contributed by atoms with Crippen LogP contribution in [0.4, 0.5) is 0 Å². The first-order valence-corrected chi connectivity index (χ1v) is 5.53. The minimum Gasteiger partial charge on any atom is -0.491 e. The van der Waals surface area contributed by atoms with Crippen molar-refractivity contribution in [2.45, 2.75) is 6.54 Å². The molecule has 1 aromatic heterocycles. The maximum Gasteiger partial charge on any atom is 0.155 e. The summed E-state index contributed by atoms with van der Waals surface area (Å²) in [6.07, 6.45) is 4.25. The number of aromatic nitrogens is 2. The van der Waals surface area contributed by atoms with Crippen LogP contribution in [0.2, 0.25) is 5.02 Å². The molecule has 0 saturated heterocycles. The third kappa shape index (κ3) is 2.85. The number of rotatable bonds is 5. The zero-order valence-electron chi connectivity index (χ0n) is 9.04. The topological polar surface area (TPSA) is 44.1 Å². The molecule has 88 valence electrons. The molecule has 0 saturated carbocycles. The number of aldehydes is 1. The highest BCUT2D eigenvalue weighted by molar-refractivity contribution is 6.33. The van der Waals surface area contributed by atoms with Crippen LogP contribution in [-0.2, 0) is 6.54 Å². The molecule has 0 radical (unpaired) electrons. The Labute approximate surface area is 104 Å². The second-order valence-electron chi connectivity index (χ2n) is 3.39. The molecular weight excluding hydrogens is 240 g/mol. The number of benzene rings is 1. The number of halogens is 1. The second-order valence-corrected chi connectivity index (χ2v) is 3.79. The lowest BCUT2D eigenvalue weighted by molar-refractivity contribution is 0.111. The number of carbonyl (C=O) groups is 1. The summed E-state index contributed by atoms with van der Waals surface area (Å²) < 4.78 is 7.26. The van der Waals surface area contributed by atoms with Gasteiger partial charge in [-0.2, -0.15) is 5.10 Å². The van der Waals surface area contributed by atoms with E-state index in [1.165, 1.54) is 0 Å². The summed E-state index contributed by atoms with van der Waals surface area (Å²) in [4.78, 5) is 10.9. The van der Waals surface area contributed by atoms with Gasteiger partial charge in [0.2, 0.25) is 0 Å². The van der Waals surface area contributed by atoms with E-state index in [1.807, 2.05) is 12.3 Å². The maximum absolute atomic E-state index is 10.9. The summed E-state index contributed by atoms with van der Waals surface area (Å²) >= 11 is 5.88. The number of nitrogens with zero attached hydrogens (tertiary/aromatic N) is 2. The molecular formula is C12H11ClN2O2. The minimum absolute atomic E-state index is 0.384. The zero-order valence-corrected chi connectivity index (χ0v) is 9.80. The van der Waals surface area contributed by atoms with E-state index in [9.17, 15) is 4.79 Å². The number of ether oxygens (including phenoxy) is 1. The van der Waals surface area contributed by atoms with Crippen molar-refractivity contribution >= 4 is 17.9 Å². The Kier molecular flexibility index (Phi) is 3.77. The Morgan fingerprint density at radius 1 is 1.41 bits per heavy atom. The van der Waals surface area contributed by atoms with Crippen LogP contribution in [0.3, 0.4) is 0 Å². The van der Waals surface area contributed by atoms with Crippen molar-refractivity contribution in [3.8, 4) is 5.75 Å². The molecule has 0 unspecified atom stereocenters. The molecule has 0 aliphatic rings. The van der Waals surface area contributed by atoms with Crippen LogP contribution in [-0.4, -0.2) is 22.7 Å². The van der Waals surface area contributed by atoms with Gasteiger partial charge in [0, 0.05) is 12.4 Å². The molecule has 2 rings (SSSR count). The fourth-order valence-electron chi connectivity index (χ4n) is 1.44. The Hall–Kier alpha value is -1.81. The van der Waals surface area contributed by atoms with E-state index in [0.717, 1.165) is 0 Å². The first-order chi connectivity index (χ1) is 8.31. The van der Waals surface area contributed by atoms with Gasteiger partial charge in [0.05, 0.1) is 17.1 Å². The van der Waals surface area contributed by atoms with Crippen LogP contribution >= 0.6 is 11.6 Å². The Morgan fingerprint density at radius 3 is 3.00 bits per heavy atom. The van der Waals surface area contributed by atoms with Gasteiger partial charge in [0.15, 0.2) is 6.29 Å². The van der Waals surface area contributed by atoms with Gasteiger partial charge >= 0.3 is 0 Å². The van der Waals surface area contributed by atoms with E-state index in [-0.39, 0.29) is 0 Å². The van der Waals surface area contributed by atoms with Gasteiger partial charge in [0.1, 0.15) is 12.4 Å².